The molecule has 0 unspecified atom stereocenters. The van der Waals surface area contributed by atoms with Crippen LogP contribution in [0.15, 0.2) is 54.6 Å². The van der Waals surface area contributed by atoms with Gasteiger partial charge in [0.2, 0.25) is 0 Å². The standard InChI is InChI=1S/C16H12Cl2/c17-15(12-6-2-1-3-7-12)16(18)10-13-8-4-5-9-14(13)11-16/h1-11,15H/t15-/m1/s1. The lowest BCUT2D eigenvalue weighted by molar-refractivity contribution is 0.894. The maximum absolute atomic E-state index is 6.68. The number of halogens is 2. The van der Waals surface area contributed by atoms with Gasteiger partial charge < -0.3 is 0 Å². The Kier molecular flexibility index (Phi) is 2.93. The number of rotatable bonds is 2. The van der Waals surface area contributed by atoms with Crippen LogP contribution in [0.3, 0.4) is 0 Å². The minimum absolute atomic E-state index is 0.271. The quantitative estimate of drug-likeness (QED) is 0.738. The molecule has 0 nitrogen and oxygen atoms in total. The van der Waals surface area contributed by atoms with Gasteiger partial charge >= 0.3 is 0 Å². The second-order valence-electron chi connectivity index (χ2n) is 4.52. The molecule has 0 aromatic heterocycles. The van der Waals surface area contributed by atoms with E-state index in [1.807, 2.05) is 54.6 Å². The molecule has 2 aromatic carbocycles. The first-order chi connectivity index (χ1) is 8.69. The van der Waals surface area contributed by atoms with Gasteiger partial charge in [-0.1, -0.05) is 66.7 Å². The molecule has 0 aliphatic heterocycles. The first kappa shape index (κ1) is 11.8. The Balaban J connectivity index is 2.06. The van der Waals surface area contributed by atoms with E-state index in [1.54, 1.807) is 0 Å². The maximum Gasteiger partial charge on any atom is 0.103 e. The Morgan fingerprint density at radius 2 is 1.28 bits per heavy atom. The highest BCUT2D eigenvalue weighted by molar-refractivity contribution is 6.39. The van der Waals surface area contributed by atoms with Crippen molar-refractivity contribution in [3.05, 3.63) is 70.6 Å². The molecule has 0 bridgehead atoms. The van der Waals surface area contributed by atoms with Crippen molar-refractivity contribution in [3.63, 3.8) is 0 Å². The minimum Gasteiger partial charge on any atom is -0.115 e. The fourth-order valence-corrected chi connectivity index (χ4v) is 2.95. The number of alkyl halides is 2. The Morgan fingerprint density at radius 3 is 1.83 bits per heavy atom. The Morgan fingerprint density at radius 1 is 0.778 bits per heavy atom. The van der Waals surface area contributed by atoms with E-state index in [0.717, 1.165) is 16.0 Å². The highest BCUT2D eigenvalue weighted by Gasteiger charge is 2.34. The summed E-state index contributed by atoms with van der Waals surface area (Å²) in [4.78, 5) is -0.646. The summed E-state index contributed by atoms with van der Waals surface area (Å²) in [5.41, 5.74) is 1.04. The van der Waals surface area contributed by atoms with Crippen molar-refractivity contribution >= 4 is 35.4 Å². The van der Waals surface area contributed by atoms with Crippen molar-refractivity contribution < 1.29 is 0 Å². The molecule has 0 N–H and O–H groups in total. The molecule has 90 valence electrons. The summed E-state index contributed by atoms with van der Waals surface area (Å²) in [5.74, 6) is 0. The largest absolute Gasteiger partial charge is 0.115 e. The van der Waals surface area contributed by atoms with Gasteiger partial charge in [0, 0.05) is 0 Å². The van der Waals surface area contributed by atoms with Crippen LogP contribution in [-0.2, 0) is 0 Å². The average Bonchev–Trinajstić information content (AvgIpc) is 2.76. The molecule has 2 heteroatoms. The van der Waals surface area contributed by atoms with Crippen LogP contribution < -0.4 is 10.4 Å². The normalized spacial score (nSPS) is 17.4. The zero-order valence-electron chi connectivity index (χ0n) is 9.68. The number of hydrogen-bond donors (Lipinski definition) is 0. The minimum atomic E-state index is -0.646. The summed E-state index contributed by atoms with van der Waals surface area (Å²) in [7, 11) is 0. The molecule has 1 aliphatic carbocycles. The maximum atomic E-state index is 6.68. The van der Waals surface area contributed by atoms with Gasteiger partial charge in [0.1, 0.15) is 4.87 Å². The van der Waals surface area contributed by atoms with E-state index in [-0.39, 0.29) is 5.38 Å². The highest BCUT2D eigenvalue weighted by atomic mass is 35.5. The van der Waals surface area contributed by atoms with E-state index in [2.05, 4.69) is 12.1 Å². The fraction of sp³-hybridized carbons (Fsp3) is 0.125. The summed E-state index contributed by atoms with van der Waals surface area (Å²) >= 11 is 13.2. The van der Waals surface area contributed by atoms with Crippen molar-refractivity contribution in [2.45, 2.75) is 10.3 Å². The van der Waals surface area contributed by atoms with E-state index >= 15 is 0 Å². The summed E-state index contributed by atoms with van der Waals surface area (Å²) in [6, 6.07) is 18.1. The number of hydrogen-bond acceptors (Lipinski definition) is 0. The van der Waals surface area contributed by atoms with E-state index in [1.165, 1.54) is 0 Å². The van der Waals surface area contributed by atoms with E-state index in [0.29, 0.717) is 0 Å². The van der Waals surface area contributed by atoms with Crippen LogP contribution in [0.1, 0.15) is 10.9 Å². The third kappa shape index (κ3) is 1.96. The molecule has 0 heterocycles. The van der Waals surface area contributed by atoms with Crippen LogP contribution in [0, 0.1) is 0 Å². The van der Waals surface area contributed by atoms with Gasteiger partial charge in [0.25, 0.3) is 0 Å². The van der Waals surface area contributed by atoms with Gasteiger partial charge in [-0.3, -0.25) is 0 Å². The monoisotopic (exact) mass is 274 g/mol. The van der Waals surface area contributed by atoms with Crippen molar-refractivity contribution in [3.8, 4) is 0 Å². The molecular weight excluding hydrogens is 263 g/mol. The molecular formula is C16H12Cl2. The van der Waals surface area contributed by atoms with Gasteiger partial charge in [-0.2, -0.15) is 0 Å². The van der Waals surface area contributed by atoms with Gasteiger partial charge in [-0.05, 0) is 16.0 Å². The van der Waals surface area contributed by atoms with Gasteiger partial charge in [-0.15, -0.1) is 23.2 Å². The topological polar surface area (TPSA) is 0 Å². The molecule has 2 aromatic rings. The lowest BCUT2D eigenvalue weighted by Gasteiger charge is -2.23. The molecule has 18 heavy (non-hydrogen) atoms. The third-order valence-corrected chi connectivity index (χ3v) is 4.39. The highest BCUT2D eigenvalue weighted by Crippen LogP contribution is 2.41. The molecule has 0 amide bonds. The van der Waals surface area contributed by atoms with Crippen LogP contribution in [0.2, 0.25) is 0 Å². The Bertz CT molecular complexity index is 639. The molecule has 1 aliphatic rings. The lowest BCUT2D eigenvalue weighted by Crippen LogP contribution is -2.19. The average molecular weight is 275 g/mol. The zero-order valence-corrected chi connectivity index (χ0v) is 11.2. The van der Waals surface area contributed by atoms with Crippen molar-refractivity contribution in [2.75, 3.05) is 0 Å². The van der Waals surface area contributed by atoms with Crippen LogP contribution in [0.5, 0.6) is 0 Å². The first-order valence-corrected chi connectivity index (χ1v) is 6.69. The number of benzene rings is 2. The lowest BCUT2D eigenvalue weighted by atomic mass is 9.99. The van der Waals surface area contributed by atoms with Crippen LogP contribution in [-0.4, -0.2) is 4.87 Å². The van der Waals surface area contributed by atoms with Crippen LogP contribution >= 0.6 is 23.2 Å². The van der Waals surface area contributed by atoms with Crippen molar-refractivity contribution in [2.24, 2.45) is 0 Å². The third-order valence-electron chi connectivity index (χ3n) is 3.23. The predicted molar refractivity (Wildman–Crippen MR) is 78.2 cm³/mol. The van der Waals surface area contributed by atoms with Crippen LogP contribution in [0.4, 0.5) is 0 Å². The Hall–Kier alpha value is -1.24. The summed E-state index contributed by atoms with van der Waals surface area (Å²) in [6.45, 7) is 0. The molecule has 0 saturated heterocycles. The van der Waals surface area contributed by atoms with Crippen LogP contribution in [0.25, 0.3) is 12.2 Å². The van der Waals surface area contributed by atoms with Gasteiger partial charge in [0.05, 0.1) is 5.38 Å². The summed E-state index contributed by atoms with van der Waals surface area (Å²) in [6.07, 6.45) is 4.07. The van der Waals surface area contributed by atoms with Gasteiger partial charge in [-0.25, -0.2) is 0 Å². The van der Waals surface area contributed by atoms with Crippen molar-refractivity contribution in [1.82, 2.24) is 0 Å². The molecule has 1 atom stereocenters. The molecule has 0 spiro atoms. The summed E-state index contributed by atoms with van der Waals surface area (Å²) < 4.78 is 0. The first-order valence-electron chi connectivity index (χ1n) is 5.88. The van der Waals surface area contributed by atoms with Crippen molar-refractivity contribution in [1.29, 1.82) is 0 Å². The fourth-order valence-electron chi connectivity index (χ4n) is 2.32. The van der Waals surface area contributed by atoms with E-state index < -0.39 is 4.87 Å². The van der Waals surface area contributed by atoms with Gasteiger partial charge in [0.15, 0.2) is 0 Å². The predicted octanol–water partition coefficient (Wildman–Crippen LogP) is 3.22. The van der Waals surface area contributed by atoms with E-state index in [9.17, 15) is 0 Å². The second-order valence-corrected chi connectivity index (χ2v) is 5.61. The number of fused-ring (bicyclic) bond motifs is 1. The molecule has 0 fully saturated rings. The SMILES string of the molecule is Cl[C@H](c1ccccc1)C1(Cl)C=c2ccccc2=C1. The molecule has 3 rings (SSSR count). The smallest absolute Gasteiger partial charge is 0.103 e. The molecule has 0 radical (unpaired) electrons. The molecule has 0 saturated carbocycles. The Labute approximate surface area is 116 Å². The zero-order chi connectivity index (χ0) is 12.6. The second kappa shape index (κ2) is 4.46. The summed E-state index contributed by atoms with van der Waals surface area (Å²) in [5, 5.41) is 2.02. The van der Waals surface area contributed by atoms with E-state index in [4.69, 9.17) is 23.2 Å².